The number of halogens is 2. The van der Waals surface area contributed by atoms with Gasteiger partial charge in [0.2, 0.25) is 0 Å². The molecule has 2 bridgehead atoms. The molecule has 0 saturated carbocycles. The van der Waals surface area contributed by atoms with Crippen LogP contribution in [0.1, 0.15) is 18.4 Å². The summed E-state index contributed by atoms with van der Waals surface area (Å²) in [4.78, 5) is 1.40. The van der Waals surface area contributed by atoms with E-state index < -0.39 is 0 Å². The van der Waals surface area contributed by atoms with E-state index in [1.54, 1.807) is 6.07 Å². The van der Waals surface area contributed by atoms with Crippen molar-refractivity contribution in [2.75, 3.05) is 13.1 Å². The molecule has 0 amide bonds. The van der Waals surface area contributed by atoms with Crippen LogP contribution in [0.2, 0.25) is 10.0 Å². The minimum absolute atomic E-state index is 0.311. The molecule has 2 N–H and O–H groups in total. The van der Waals surface area contributed by atoms with E-state index in [9.17, 15) is 5.11 Å². The van der Waals surface area contributed by atoms with E-state index in [-0.39, 0.29) is 6.10 Å². The van der Waals surface area contributed by atoms with Gasteiger partial charge in [0, 0.05) is 34.9 Å². The summed E-state index contributed by atoms with van der Waals surface area (Å²) < 4.78 is 0. The van der Waals surface area contributed by atoms with Crippen molar-refractivity contribution in [3.05, 3.63) is 39.5 Å². The Morgan fingerprint density at radius 2 is 1.94 bits per heavy atom. The average molecular weight is 285 g/mol. The monoisotopic (exact) mass is 284 g/mol. The Kier molecular flexibility index (Phi) is 3.37. The van der Waals surface area contributed by atoms with Gasteiger partial charge in [0.15, 0.2) is 0 Å². The third kappa shape index (κ3) is 2.19. The molecule has 1 aromatic carbocycles. The second kappa shape index (κ2) is 4.86. The summed E-state index contributed by atoms with van der Waals surface area (Å²) in [7, 11) is 0. The smallest absolute Gasteiger partial charge is 0.137 e. The van der Waals surface area contributed by atoms with E-state index in [0.717, 1.165) is 37.2 Å². The highest BCUT2D eigenvalue weighted by molar-refractivity contribution is 6.35. The van der Waals surface area contributed by atoms with Gasteiger partial charge in [-0.2, -0.15) is 0 Å². The third-order valence-electron chi connectivity index (χ3n) is 4.08. The molecular weight excluding hydrogens is 269 g/mol. The lowest BCUT2D eigenvalue weighted by Crippen LogP contribution is -3.14. The Morgan fingerprint density at radius 1 is 1.22 bits per heavy atom. The van der Waals surface area contributed by atoms with Crippen LogP contribution < -0.4 is 4.90 Å². The largest absolute Gasteiger partial charge is 0.383 e. The summed E-state index contributed by atoms with van der Waals surface area (Å²) in [5, 5.41) is 11.6. The molecular formula is C14H16Cl2NO+. The standard InChI is InChI=1S/C14H15Cl2NO/c15-11-2-1-10(12(16)8-11)7-13-14(18)9-3-5-17(13)6-4-9/h1-2,7-9,14,18H,3-6H2/p+1/b13-7-/t14-/m1/s1. The van der Waals surface area contributed by atoms with Gasteiger partial charge in [-0.25, -0.2) is 0 Å². The van der Waals surface area contributed by atoms with Crippen molar-refractivity contribution in [2.45, 2.75) is 18.9 Å². The molecule has 0 radical (unpaired) electrons. The molecule has 3 fully saturated rings. The zero-order chi connectivity index (χ0) is 12.7. The fourth-order valence-electron chi connectivity index (χ4n) is 3.03. The first-order valence-electron chi connectivity index (χ1n) is 6.35. The normalized spacial score (nSPS) is 33.1. The lowest BCUT2D eigenvalue weighted by atomic mass is 9.83. The molecule has 4 heteroatoms. The number of aliphatic hydroxyl groups excluding tert-OH is 1. The maximum Gasteiger partial charge on any atom is 0.137 e. The summed E-state index contributed by atoms with van der Waals surface area (Å²) in [5.41, 5.74) is 2.02. The van der Waals surface area contributed by atoms with E-state index in [1.807, 2.05) is 18.2 Å². The third-order valence-corrected chi connectivity index (χ3v) is 4.64. The quantitative estimate of drug-likeness (QED) is 0.810. The topological polar surface area (TPSA) is 24.7 Å². The molecule has 96 valence electrons. The van der Waals surface area contributed by atoms with Crippen molar-refractivity contribution in [1.29, 1.82) is 0 Å². The number of rotatable bonds is 1. The minimum atomic E-state index is -0.311. The van der Waals surface area contributed by atoms with Crippen molar-refractivity contribution in [2.24, 2.45) is 5.92 Å². The van der Waals surface area contributed by atoms with E-state index in [2.05, 4.69) is 0 Å². The highest BCUT2D eigenvalue weighted by Crippen LogP contribution is 2.28. The predicted octanol–water partition coefficient (Wildman–Crippen LogP) is 2.00. The summed E-state index contributed by atoms with van der Waals surface area (Å²) >= 11 is 12.1. The number of nitrogens with one attached hydrogen (secondary N) is 1. The second-order valence-corrected chi connectivity index (χ2v) is 5.99. The van der Waals surface area contributed by atoms with Gasteiger partial charge in [0.25, 0.3) is 0 Å². The van der Waals surface area contributed by atoms with Gasteiger partial charge in [0.1, 0.15) is 11.8 Å². The Bertz CT molecular complexity index is 489. The maximum atomic E-state index is 10.3. The zero-order valence-electron chi connectivity index (χ0n) is 10.00. The van der Waals surface area contributed by atoms with Crippen molar-refractivity contribution < 1.29 is 10.0 Å². The van der Waals surface area contributed by atoms with Crippen LogP contribution in [0.3, 0.4) is 0 Å². The molecule has 3 saturated heterocycles. The summed E-state index contributed by atoms with van der Waals surface area (Å²) in [6, 6.07) is 5.48. The average Bonchev–Trinajstić information content (AvgIpc) is 2.37. The molecule has 1 atom stereocenters. The Hall–Kier alpha value is -0.540. The summed E-state index contributed by atoms with van der Waals surface area (Å²) in [6.45, 7) is 2.25. The van der Waals surface area contributed by atoms with Crippen LogP contribution >= 0.6 is 23.2 Å². The van der Waals surface area contributed by atoms with Crippen LogP contribution in [-0.4, -0.2) is 24.3 Å². The van der Waals surface area contributed by atoms with Crippen LogP contribution in [0.25, 0.3) is 6.08 Å². The fourth-order valence-corrected chi connectivity index (χ4v) is 3.49. The van der Waals surface area contributed by atoms with Crippen molar-refractivity contribution in [3.8, 4) is 0 Å². The molecule has 1 aromatic rings. The Balaban J connectivity index is 1.96. The van der Waals surface area contributed by atoms with E-state index in [1.165, 1.54) is 4.90 Å². The highest BCUT2D eigenvalue weighted by atomic mass is 35.5. The highest BCUT2D eigenvalue weighted by Gasteiger charge is 2.41. The molecule has 0 spiro atoms. The number of fused-ring (bicyclic) bond motifs is 3. The van der Waals surface area contributed by atoms with Crippen molar-refractivity contribution in [3.63, 3.8) is 0 Å². The number of hydrogen-bond acceptors (Lipinski definition) is 1. The number of quaternary nitrogens is 1. The summed E-state index contributed by atoms with van der Waals surface area (Å²) in [6.07, 6.45) is 3.98. The number of aliphatic hydroxyl groups is 1. The molecule has 4 rings (SSSR count). The molecule has 0 aliphatic carbocycles. The van der Waals surface area contributed by atoms with Gasteiger partial charge in [0.05, 0.1) is 13.1 Å². The number of benzene rings is 1. The molecule has 3 aliphatic heterocycles. The van der Waals surface area contributed by atoms with Crippen LogP contribution in [0.5, 0.6) is 0 Å². The first-order chi connectivity index (χ1) is 8.65. The van der Waals surface area contributed by atoms with E-state index in [0.29, 0.717) is 16.0 Å². The van der Waals surface area contributed by atoms with Crippen LogP contribution in [0, 0.1) is 5.92 Å². The fraction of sp³-hybridized carbons (Fsp3) is 0.429. The lowest BCUT2D eigenvalue weighted by Gasteiger charge is -2.41. The first-order valence-corrected chi connectivity index (χ1v) is 7.10. The second-order valence-electron chi connectivity index (χ2n) is 5.15. The SMILES string of the molecule is O[C@H]1/C(=C/c2ccc(Cl)cc2Cl)[NH+]2CCC1CC2. The van der Waals surface area contributed by atoms with Crippen molar-refractivity contribution in [1.82, 2.24) is 0 Å². The van der Waals surface area contributed by atoms with Crippen LogP contribution in [0.15, 0.2) is 23.9 Å². The van der Waals surface area contributed by atoms with Gasteiger partial charge < -0.3 is 10.0 Å². The van der Waals surface area contributed by atoms with Gasteiger partial charge in [-0.1, -0.05) is 29.3 Å². The summed E-state index contributed by atoms with van der Waals surface area (Å²) in [5.74, 6) is 0.430. The molecule has 3 heterocycles. The Morgan fingerprint density at radius 3 is 2.56 bits per heavy atom. The zero-order valence-corrected chi connectivity index (χ0v) is 11.5. The first kappa shape index (κ1) is 12.5. The van der Waals surface area contributed by atoms with Gasteiger partial charge in [-0.15, -0.1) is 0 Å². The predicted molar refractivity (Wildman–Crippen MR) is 73.9 cm³/mol. The maximum absolute atomic E-state index is 10.3. The Labute approximate surface area is 117 Å². The van der Waals surface area contributed by atoms with E-state index in [4.69, 9.17) is 23.2 Å². The van der Waals surface area contributed by atoms with Gasteiger partial charge >= 0.3 is 0 Å². The number of piperidine rings is 3. The van der Waals surface area contributed by atoms with Crippen LogP contribution in [0.4, 0.5) is 0 Å². The van der Waals surface area contributed by atoms with Gasteiger partial charge in [-0.05, 0) is 17.7 Å². The van der Waals surface area contributed by atoms with E-state index >= 15 is 0 Å². The van der Waals surface area contributed by atoms with Crippen LogP contribution in [-0.2, 0) is 0 Å². The van der Waals surface area contributed by atoms with Gasteiger partial charge in [-0.3, -0.25) is 0 Å². The molecule has 0 aromatic heterocycles. The van der Waals surface area contributed by atoms with Crippen molar-refractivity contribution >= 4 is 29.3 Å². The molecule has 0 unspecified atom stereocenters. The molecule has 2 nitrogen and oxygen atoms in total. The molecule has 18 heavy (non-hydrogen) atoms. The minimum Gasteiger partial charge on any atom is -0.383 e. The lowest BCUT2D eigenvalue weighted by molar-refractivity contribution is -0.880. The number of hydrogen-bond donors (Lipinski definition) is 2. The molecule has 3 aliphatic rings.